The SMILES string of the molecule is COC(=O)N1CCN(C2=CC=NN3CC(c4ccc(C5CCN(C(C)C)CC5)cc4)C=C23)CC1. The van der Waals surface area contributed by atoms with E-state index in [-0.39, 0.29) is 6.09 Å². The lowest BCUT2D eigenvalue weighted by atomic mass is 9.87. The van der Waals surface area contributed by atoms with E-state index in [0.717, 1.165) is 19.6 Å². The van der Waals surface area contributed by atoms with Crippen LogP contribution in [0.3, 0.4) is 0 Å². The zero-order valence-electron chi connectivity index (χ0n) is 20.7. The average Bonchev–Trinajstić information content (AvgIpc) is 3.33. The highest BCUT2D eigenvalue weighted by Crippen LogP contribution is 2.36. The minimum absolute atomic E-state index is 0.241. The quantitative estimate of drug-likeness (QED) is 0.679. The van der Waals surface area contributed by atoms with Gasteiger partial charge in [-0.05, 0) is 69.0 Å². The molecule has 4 heterocycles. The molecule has 1 aromatic rings. The topological polar surface area (TPSA) is 51.6 Å². The van der Waals surface area contributed by atoms with Crippen molar-refractivity contribution in [1.29, 1.82) is 0 Å². The van der Waals surface area contributed by atoms with Crippen LogP contribution in [0.5, 0.6) is 0 Å². The number of benzene rings is 1. The molecule has 0 bridgehead atoms. The second-order valence-corrected chi connectivity index (χ2v) is 10.1. The Morgan fingerprint density at radius 3 is 2.29 bits per heavy atom. The smallest absolute Gasteiger partial charge is 0.409 e. The first-order valence-electron chi connectivity index (χ1n) is 12.7. The van der Waals surface area contributed by atoms with Gasteiger partial charge < -0.3 is 19.4 Å². The first kappa shape index (κ1) is 23.0. The van der Waals surface area contributed by atoms with Crippen LogP contribution < -0.4 is 0 Å². The van der Waals surface area contributed by atoms with Crippen molar-refractivity contribution in [3.63, 3.8) is 0 Å². The van der Waals surface area contributed by atoms with Crippen molar-refractivity contribution >= 4 is 12.3 Å². The molecule has 0 saturated carbocycles. The number of hydrogen-bond donors (Lipinski definition) is 0. The maximum absolute atomic E-state index is 11.8. The normalized spacial score (nSPS) is 23.8. The van der Waals surface area contributed by atoms with Gasteiger partial charge in [-0.25, -0.2) is 4.79 Å². The zero-order chi connectivity index (χ0) is 23.7. The summed E-state index contributed by atoms with van der Waals surface area (Å²) < 4.78 is 4.87. The molecule has 1 aromatic carbocycles. The fourth-order valence-electron chi connectivity index (χ4n) is 5.70. The summed E-state index contributed by atoms with van der Waals surface area (Å²) >= 11 is 0. The number of hydrazone groups is 1. The third kappa shape index (κ3) is 4.58. The molecule has 1 unspecified atom stereocenters. The molecule has 7 heteroatoms. The Bertz CT molecular complexity index is 967. The first-order valence-corrected chi connectivity index (χ1v) is 12.7. The number of methoxy groups -OCH3 is 1. The fourth-order valence-corrected chi connectivity index (χ4v) is 5.70. The molecule has 0 aromatic heterocycles. The molecule has 4 aliphatic heterocycles. The number of piperidine rings is 1. The molecule has 7 nitrogen and oxygen atoms in total. The summed E-state index contributed by atoms with van der Waals surface area (Å²) in [5, 5.41) is 6.76. The molecular formula is C27H37N5O2. The number of allylic oxidation sites excluding steroid dienone is 1. The molecule has 1 atom stereocenters. The van der Waals surface area contributed by atoms with E-state index in [4.69, 9.17) is 4.74 Å². The third-order valence-corrected chi connectivity index (χ3v) is 7.86. The summed E-state index contributed by atoms with van der Waals surface area (Å²) in [5.41, 5.74) is 5.23. The van der Waals surface area contributed by atoms with E-state index in [1.807, 2.05) is 6.21 Å². The maximum Gasteiger partial charge on any atom is 0.409 e. The van der Waals surface area contributed by atoms with Crippen molar-refractivity contribution < 1.29 is 9.53 Å². The summed E-state index contributed by atoms with van der Waals surface area (Å²) in [6.45, 7) is 10.8. The van der Waals surface area contributed by atoms with Gasteiger partial charge >= 0.3 is 6.09 Å². The number of piperazine rings is 1. The number of nitrogens with zero attached hydrogens (tertiary/aromatic N) is 5. The van der Waals surface area contributed by atoms with Gasteiger partial charge in [-0.15, -0.1) is 0 Å². The van der Waals surface area contributed by atoms with E-state index in [9.17, 15) is 4.79 Å². The summed E-state index contributed by atoms with van der Waals surface area (Å²) in [5.74, 6) is 1.02. The highest BCUT2D eigenvalue weighted by Gasteiger charge is 2.32. The molecule has 2 fully saturated rings. The van der Waals surface area contributed by atoms with Crippen molar-refractivity contribution in [2.45, 2.75) is 44.6 Å². The molecule has 0 N–H and O–H groups in total. The molecule has 4 aliphatic rings. The lowest BCUT2D eigenvalue weighted by Crippen LogP contribution is -2.49. The Balaban J connectivity index is 1.24. The van der Waals surface area contributed by atoms with Gasteiger partial charge in [0.15, 0.2) is 0 Å². The second kappa shape index (κ2) is 9.82. The standard InChI is InChI=1S/C27H37N5O2/c1-20(2)29-12-9-23(10-13-29)21-4-6-22(7-5-21)24-18-26-25(8-11-28-32(26)19-24)30-14-16-31(17-15-30)27(33)34-3/h4-8,11,18,20,23-24H,9-10,12-17,19H2,1-3H3. The number of fused-ring (bicyclic) bond motifs is 1. The number of carbonyl (C=O) groups is 1. The van der Waals surface area contributed by atoms with Crippen LogP contribution in [-0.2, 0) is 4.74 Å². The largest absolute Gasteiger partial charge is 0.453 e. The minimum atomic E-state index is -0.241. The summed E-state index contributed by atoms with van der Waals surface area (Å²) in [7, 11) is 1.44. The zero-order valence-corrected chi connectivity index (χ0v) is 20.7. The molecule has 0 aliphatic carbocycles. The van der Waals surface area contributed by atoms with Crippen LogP contribution in [0, 0.1) is 0 Å². The Morgan fingerprint density at radius 1 is 0.971 bits per heavy atom. The molecule has 2 saturated heterocycles. The third-order valence-electron chi connectivity index (χ3n) is 7.86. The van der Waals surface area contributed by atoms with E-state index >= 15 is 0 Å². The Kier molecular flexibility index (Phi) is 6.63. The lowest BCUT2D eigenvalue weighted by molar-refractivity contribution is 0.0993. The number of ether oxygens (including phenoxy) is 1. The Morgan fingerprint density at radius 2 is 1.65 bits per heavy atom. The predicted octanol–water partition coefficient (Wildman–Crippen LogP) is 3.82. The first-order chi connectivity index (χ1) is 16.5. The Hall–Kier alpha value is -2.80. The molecular weight excluding hydrogens is 426 g/mol. The molecule has 5 rings (SSSR count). The van der Waals surface area contributed by atoms with Crippen LogP contribution in [0.4, 0.5) is 4.79 Å². The van der Waals surface area contributed by atoms with E-state index in [1.54, 1.807) is 4.90 Å². The van der Waals surface area contributed by atoms with Crippen molar-refractivity contribution in [2.75, 3.05) is 52.9 Å². The van der Waals surface area contributed by atoms with Crippen LogP contribution in [0.1, 0.15) is 49.7 Å². The highest BCUT2D eigenvalue weighted by molar-refractivity contribution is 5.75. The van der Waals surface area contributed by atoms with Gasteiger partial charge in [-0.3, -0.25) is 5.01 Å². The number of hydrogen-bond acceptors (Lipinski definition) is 6. The van der Waals surface area contributed by atoms with Gasteiger partial charge in [0.1, 0.15) is 0 Å². The number of carbonyl (C=O) groups excluding carboxylic acids is 1. The molecule has 1 amide bonds. The fraction of sp³-hybridized carbons (Fsp3) is 0.556. The number of likely N-dealkylation sites (tertiary alicyclic amines) is 1. The Labute approximate surface area is 203 Å². The summed E-state index contributed by atoms with van der Waals surface area (Å²) in [6.07, 6.45) is 8.63. The van der Waals surface area contributed by atoms with Crippen molar-refractivity contribution in [1.82, 2.24) is 19.7 Å². The molecule has 182 valence electrons. The molecule has 0 spiro atoms. The van der Waals surface area contributed by atoms with E-state index in [0.29, 0.717) is 31.0 Å². The van der Waals surface area contributed by atoms with Crippen LogP contribution in [-0.4, -0.2) is 91.0 Å². The lowest BCUT2D eigenvalue weighted by Gasteiger charge is -2.38. The molecule has 34 heavy (non-hydrogen) atoms. The van der Waals surface area contributed by atoms with Crippen LogP contribution in [0.2, 0.25) is 0 Å². The van der Waals surface area contributed by atoms with E-state index < -0.39 is 0 Å². The summed E-state index contributed by atoms with van der Waals surface area (Å²) in [4.78, 5) is 18.5. The van der Waals surface area contributed by atoms with E-state index in [1.165, 1.54) is 55.6 Å². The van der Waals surface area contributed by atoms with Crippen LogP contribution in [0.15, 0.2) is 52.9 Å². The van der Waals surface area contributed by atoms with Crippen LogP contribution in [0.25, 0.3) is 0 Å². The van der Waals surface area contributed by atoms with Gasteiger partial charge in [-0.2, -0.15) is 5.10 Å². The van der Waals surface area contributed by atoms with E-state index in [2.05, 4.69) is 70.2 Å². The van der Waals surface area contributed by atoms with Crippen molar-refractivity contribution in [2.24, 2.45) is 5.10 Å². The van der Waals surface area contributed by atoms with Crippen LogP contribution >= 0.6 is 0 Å². The maximum atomic E-state index is 11.8. The van der Waals surface area contributed by atoms with Gasteiger partial charge in [-0.1, -0.05) is 24.3 Å². The summed E-state index contributed by atoms with van der Waals surface area (Å²) in [6, 6.07) is 10.0. The van der Waals surface area contributed by atoms with Crippen molar-refractivity contribution in [3.8, 4) is 0 Å². The second-order valence-electron chi connectivity index (χ2n) is 10.1. The van der Waals surface area contributed by atoms with Gasteiger partial charge in [0, 0.05) is 44.4 Å². The highest BCUT2D eigenvalue weighted by atomic mass is 16.5. The van der Waals surface area contributed by atoms with Gasteiger partial charge in [0.2, 0.25) is 0 Å². The molecule has 0 radical (unpaired) electrons. The minimum Gasteiger partial charge on any atom is -0.453 e. The number of rotatable bonds is 4. The van der Waals surface area contributed by atoms with Gasteiger partial charge in [0.05, 0.1) is 25.0 Å². The average molecular weight is 464 g/mol. The monoisotopic (exact) mass is 463 g/mol. The number of amides is 1. The van der Waals surface area contributed by atoms with Gasteiger partial charge in [0.25, 0.3) is 0 Å². The van der Waals surface area contributed by atoms with Crippen molar-refractivity contribution in [3.05, 3.63) is 58.9 Å². The predicted molar refractivity (Wildman–Crippen MR) is 135 cm³/mol.